The molecule has 1 aliphatic heterocycles. The van der Waals surface area contributed by atoms with Gasteiger partial charge in [0.2, 0.25) is 0 Å². The molecular weight excluding hydrogens is 315 g/mol. The Morgan fingerprint density at radius 2 is 1.56 bits per heavy atom. The third-order valence-electron chi connectivity index (χ3n) is 6.12. The Bertz CT molecular complexity index is 633. The predicted octanol–water partition coefficient (Wildman–Crippen LogP) is 7.46. The summed E-state index contributed by atoms with van der Waals surface area (Å²) in [5.74, 6) is 0.785. The SMILES string of the molecule is CCB(CC)C1=C(c2ccccc2)[Si](C)(C)C(CCC(C)C)=C1CC. The predicted molar refractivity (Wildman–Crippen MR) is 119 cm³/mol. The van der Waals surface area contributed by atoms with E-state index in [0.717, 1.165) is 5.92 Å². The highest BCUT2D eigenvalue weighted by Crippen LogP contribution is 2.48. The van der Waals surface area contributed by atoms with Gasteiger partial charge in [-0.3, -0.25) is 0 Å². The summed E-state index contributed by atoms with van der Waals surface area (Å²) in [7, 11) is -1.59. The zero-order valence-electron chi connectivity index (χ0n) is 17.6. The van der Waals surface area contributed by atoms with E-state index < -0.39 is 8.07 Å². The second-order valence-electron chi connectivity index (χ2n) is 8.54. The van der Waals surface area contributed by atoms with Gasteiger partial charge in [-0.05, 0) is 30.7 Å². The lowest BCUT2D eigenvalue weighted by Gasteiger charge is -2.27. The Kier molecular flexibility index (Phi) is 6.96. The Morgan fingerprint density at radius 1 is 0.960 bits per heavy atom. The zero-order valence-corrected chi connectivity index (χ0v) is 18.6. The summed E-state index contributed by atoms with van der Waals surface area (Å²) in [6.45, 7) is 17.8. The van der Waals surface area contributed by atoms with Crippen molar-refractivity contribution in [1.82, 2.24) is 0 Å². The lowest BCUT2D eigenvalue weighted by molar-refractivity contribution is 0.589. The van der Waals surface area contributed by atoms with Crippen LogP contribution < -0.4 is 0 Å². The molecule has 2 rings (SSSR count). The molecule has 136 valence electrons. The van der Waals surface area contributed by atoms with Gasteiger partial charge in [-0.1, -0.05) is 112 Å². The van der Waals surface area contributed by atoms with Crippen LogP contribution in [0.3, 0.4) is 0 Å². The number of benzene rings is 1. The number of hydrogen-bond donors (Lipinski definition) is 0. The molecule has 1 heterocycles. The minimum atomic E-state index is -1.59. The molecule has 0 spiro atoms. The van der Waals surface area contributed by atoms with Crippen molar-refractivity contribution in [3.8, 4) is 0 Å². The zero-order chi connectivity index (χ0) is 18.6. The minimum Gasteiger partial charge on any atom is -0.0771 e. The van der Waals surface area contributed by atoms with Crippen LogP contribution in [0.5, 0.6) is 0 Å². The number of allylic oxidation sites excluding steroid dienone is 3. The van der Waals surface area contributed by atoms with Crippen LogP contribution >= 0.6 is 0 Å². The van der Waals surface area contributed by atoms with Crippen LogP contribution in [0, 0.1) is 5.92 Å². The van der Waals surface area contributed by atoms with E-state index in [4.69, 9.17) is 0 Å². The van der Waals surface area contributed by atoms with Gasteiger partial charge in [0.05, 0.1) is 0 Å². The van der Waals surface area contributed by atoms with Crippen molar-refractivity contribution in [2.45, 2.75) is 79.6 Å². The van der Waals surface area contributed by atoms with Gasteiger partial charge in [0.25, 0.3) is 0 Å². The maximum atomic E-state index is 2.61. The largest absolute Gasteiger partial charge is 0.175 e. The van der Waals surface area contributed by atoms with Gasteiger partial charge in [0.1, 0.15) is 8.07 Å². The highest BCUT2D eigenvalue weighted by molar-refractivity contribution is 7.03. The van der Waals surface area contributed by atoms with Gasteiger partial charge >= 0.3 is 0 Å². The highest BCUT2D eigenvalue weighted by atomic mass is 28.3. The van der Waals surface area contributed by atoms with Crippen LogP contribution in [0.2, 0.25) is 25.7 Å². The molecule has 0 amide bonds. The first-order valence-corrected chi connectivity index (χ1v) is 13.4. The summed E-state index contributed by atoms with van der Waals surface area (Å²) in [5, 5.41) is 3.60. The second kappa shape index (κ2) is 8.58. The lowest BCUT2D eigenvalue weighted by Crippen LogP contribution is -2.30. The van der Waals surface area contributed by atoms with E-state index in [1.165, 1.54) is 37.5 Å². The maximum Gasteiger partial charge on any atom is 0.175 e. The van der Waals surface area contributed by atoms with E-state index in [1.807, 2.05) is 5.20 Å². The Labute approximate surface area is 157 Å². The molecule has 2 heteroatoms. The van der Waals surface area contributed by atoms with Crippen LogP contribution in [0.4, 0.5) is 0 Å². The fourth-order valence-corrected chi connectivity index (χ4v) is 8.80. The van der Waals surface area contributed by atoms with E-state index in [-0.39, 0.29) is 0 Å². The van der Waals surface area contributed by atoms with Gasteiger partial charge in [0, 0.05) is 0 Å². The summed E-state index contributed by atoms with van der Waals surface area (Å²) in [6, 6.07) is 11.3. The molecule has 0 aromatic heterocycles. The van der Waals surface area contributed by atoms with Gasteiger partial charge < -0.3 is 0 Å². The summed E-state index contributed by atoms with van der Waals surface area (Å²) in [6.07, 6.45) is 6.35. The molecule has 25 heavy (non-hydrogen) atoms. The minimum absolute atomic E-state index is 0.716. The summed E-state index contributed by atoms with van der Waals surface area (Å²) >= 11 is 0. The Hall–Kier alpha value is -1.02. The molecule has 0 unspecified atom stereocenters. The van der Waals surface area contributed by atoms with Crippen LogP contribution in [0.1, 0.15) is 59.4 Å². The maximum absolute atomic E-state index is 2.61. The summed E-state index contributed by atoms with van der Waals surface area (Å²) in [5.41, 5.74) is 4.98. The molecule has 0 nitrogen and oxygen atoms in total. The molecule has 0 radical (unpaired) electrons. The van der Waals surface area contributed by atoms with Crippen LogP contribution in [-0.2, 0) is 0 Å². The lowest BCUT2D eigenvalue weighted by atomic mass is 9.39. The monoisotopic (exact) mass is 352 g/mol. The van der Waals surface area contributed by atoms with E-state index in [1.54, 1.807) is 16.2 Å². The van der Waals surface area contributed by atoms with Crippen molar-refractivity contribution in [2.75, 3.05) is 0 Å². The van der Waals surface area contributed by atoms with Crippen molar-refractivity contribution in [3.63, 3.8) is 0 Å². The van der Waals surface area contributed by atoms with Crippen molar-refractivity contribution in [3.05, 3.63) is 52.1 Å². The standard InChI is InChI=1S/C23H37BSi/c1-8-20-21(17-16-18(4)5)25(6,7)23(19-14-12-11-13-15-19)22(20)24(9-2)10-3/h11-15,18H,8-10,16-17H2,1-7H3. The molecule has 0 saturated carbocycles. The quantitative estimate of drug-likeness (QED) is 0.426. The normalized spacial score (nSPS) is 17.0. The number of rotatable bonds is 8. The van der Waals surface area contributed by atoms with E-state index in [0.29, 0.717) is 6.71 Å². The number of hydrogen-bond acceptors (Lipinski definition) is 0. The molecular formula is C23H37BSi. The first kappa shape index (κ1) is 20.3. The third kappa shape index (κ3) is 4.05. The van der Waals surface area contributed by atoms with Crippen molar-refractivity contribution >= 4 is 20.0 Å². The average molecular weight is 352 g/mol. The van der Waals surface area contributed by atoms with Crippen LogP contribution in [-0.4, -0.2) is 14.8 Å². The van der Waals surface area contributed by atoms with E-state index >= 15 is 0 Å². The average Bonchev–Trinajstić information content (AvgIpc) is 2.81. The topological polar surface area (TPSA) is 0 Å². The molecule has 1 aromatic carbocycles. The molecule has 1 aromatic rings. The van der Waals surface area contributed by atoms with Gasteiger partial charge in [-0.2, -0.15) is 0 Å². The first-order chi connectivity index (χ1) is 11.9. The van der Waals surface area contributed by atoms with E-state index in [9.17, 15) is 0 Å². The molecule has 0 saturated heterocycles. The molecule has 1 aliphatic rings. The van der Waals surface area contributed by atoms with Gasteiger partial charge in [-0.25, -0.2) is 0 Å². The van der Waals surface area contributed by atoms with E-state index in [2.05, 4.69) is 78.0 Å². The van der Waals surface area contributed by atoms with Crippen molar-refractivity contribution in [2.24, 2.45) is 5.92 Å². The molecule has 0 fully saturated rings. The van der Waals surface area contributed by atoms with Crippen LogP contribution in [0.25, 0.3) is 5.20 Å². The molecule has 0 bridgehead atoms. The first-order valence-electron chi connectivity index (χ1n) is 10.4. The van der Waals surface area contributed by atoms with Gasteiger partial charge in [-0.15, -0.1) is 0 Å². The fourth-order valence-electron chi connectivity index (χ4n) is 4.75. The van der Waals surface area contributed by atoms with Crippen molar-refractivity contribution < 1.29 is 0 Å². The third-order valence-corrected chi connectivity index (χ3v) is 9.99. The fraction of sp³-hybridized carbons (Fsp3) is 0.565. The second-order valence-corrected chi connectivity index (χ2v) is 12.9. The smallest absolute Gasteiger partial charge is 0.0771 e. The molecule has 0 atom stereocenters. The molecule has 0 N–H and O–H groups in total. The van der Waals surface area contributed by atoms with Gasteiger partial charge in [0.15, 0.2) is 6.71 Å². The van der Waals surface area contributed by atoms with Crippen molar-refractivity contribution in [1.29, 1.82) is 0 Å². The van der Waals surface area contributed by atoms with Crippen LogP contribution in [0.15, 0.2) is 46.6 Å². The summed E-state index contributed by atoms with van der Waals surface area (Å²) in [4.78, 5) is 0. The molecule has 0 aliphatic carbocycles. The Morgan fingerprint density at radius 3 is 2.04 bits per heavy atom. The highest BCUT2D eigenvalue weighted by Gasteiger charge is 2.42. The summed E-state index contributed by atoms with van der Waals surface area (Å²) < 4.78 is 0. The Balaban J connectivity index is 2.65.